The van der Waals surface area contributed by atoms with E-state index in [-0.39, 0.29) is 5.91 Å². The third kappa shape index (κ3) is 3.85. The van der Waals surface area contributed by atoms with Gasteiger partial charge in [-0.2, -0.15) is 0 Å². The predicted molar refractivity (Wildman–Crippen MR) is 79.4 cm³/mol. The molecule has 0 unspecified atom stereocenters. The van der Waals surface area contributed by atoms with Gasteiger partial charge >= 0.3 is 0 Å². The van der Waals surface area contributed by atoms with Gasteiger partial charge in [0.25, 0.3) is 0 Å². The molecule has 2 N–H and O–H groups in total. The van der Waals surface area contributed by atoms with E-state index in [9.17, 15) is 4.79 Å². The summed E-state index contributed by atoms with van der Waals surface area (Å²) < 4.78 is 5.37. The Kier molecular flexibility index (Phi) is 4.77. The van der Waals surface area contributed by atoms with Crippen molar-refractivity contribution in [3.63, 3.8) is 0 Å². The maximum atomic E-state index is 10.8. The van der Waals surface area contributed by atoms with Gasteiger partial charge in [0.2, 0.25) is 5.91 Å². The number of benzene rings is 2. The number of aryl methyl sites for hydroxylation is 1. The Morgan fingerprint density at radius 3 is 2.40 bits per heavy atom. The molecule has 2 aromatic rings. The first-order valence-electron chi connectivity index (χ1n) is 6.71. The zero-order chi connectivity index (χ0) is 14.4. The molecule has 1 radical (unpaired) electrons. The molecule has 2 rings (SSSR count). The molecule has 0 aliphatic heterocycles. The van der Waals surface area contributed by atoms with E-state index >= 15 is 0 Å². The maximum absolute atomic E-state index is 10.8. The van der Waals surface area contributed by atoms with Gasteiger partial charge < -0.3 is 10.5 Å². The number of rotatable bonds is 6. The van der Waals surface area contributed by atoms with Crippen LogP contribution in [0.5, 0.6) is 5.75 Å². The van der Waals surface area contributed by atoms with Gasteiger partial charge in [0.15, 0.2) is 0 Å². The summed E-state index contributed by atoms with van der Waals surface area (Å²) in [5.41, 5.74) is 8.47. The minimum Gasteiger partial charge on any atom is -0.493 e. The number of amides is 1. The fraction of sp³-hybridized carbons (Fsp3) is 0.235. The average Bonchev–Trinajstić information content (AvgIpc) is 2.47. The first-order valence-corrected chi connectivity index (χ1v) is 6.71. The Hall–Kier alpha value is -2.29. The van der Waals surface area contributed by atoms with E-state index in [1.54, 1.807) is 0 Å². The van der Waals surface area contributed by atoms with Crippen LogP contribution in [0, 0.1) is 6.07 Å². The van der Waals surface area contributed by atoms with Gasteiger partial charge in [0, 0.05) is 12.5 Å². The third-order valence-electron chi connectivity index (χ3n) is 3.03. The lowest BCUT2D eigenvalue weighted by Crippen LogP contribution is -2.11. The van der Waals surface area contributed by atoms with Gasteiger partial charge in [-0.1, -0.05) is 30.3 Å². The number of hydrogen-bond donors (Lipinski definition) is 1. The lowest BCUT2D eigenvalue weighted by atomic mass is 10.0. The van der Waals surface area contributed by atoms with Crippen molar-refractivity contribution in [1.29, 1.82) is 0 Å². The Labute approximate surface area is 119 Å². The smallest absolute Gasteiger partial charge is 0.217 e. The average molecular weight is 268 g/mol. The third-order valence-corrected chi connectivity index (χ3v) is 3.03. The topological polar surface area (TPSA) is 52.3 Å². The molecule has 0 saturated carbocycles. The Morgan fingerprint density at radius 2 is 1.85 bits per heavy atom. The second-order valence-electron chi connectivity index (χ2n) is 4.54. The first kappa shape index (κ1) is 14.1. The molecule has 3 heteroatoms. The fourth-order valence-corrected chi connectivity index (χ4v) is 1.97. The summed E-state index contributed by atoms with van der Waals surface area (Å²) in [7, 11) is 0. The molecular weight excluding hydrogens is 250 g/mol. The number of hydrogen-bond acceptors (Lipinski definition) is 2. The molecule has 0 aliphatic rings. The Morgan fingerprint density at radius 1 is 1.15 bits per heavy atom. The van der Waals surface area contributed by atoms with Gasteiger partial charge in [-0.3, -0.25) is 4.79 Å². The lowest BCUT2D eigenvalue weighted by molar-refractivity contribution is -0.117. The highest BCUT2D eigenvalue weighted by molar-refractivity contribution is 5.74. The molecule has 0 saturated heterocycles. The van der Waals surface area contributed by atoms with Crippen LogP contribution in [0.15, 0.2) is 42.5 Å². The van der Waals surface area contributed by atoms with E-state index in [2.05, 4.69) is 6.07 Å². The molecule has 0 bridgehead atoms. The molecule has 2 aromatic carbocycles. The van der Waals surface area contributed by atoms with E-state index in [0.717, 1.165) is 22.4 Å². The van der Waals surface area contributed by atoms with Gasteiger partial charge in [0.05, 0.1) is 6.61 Å². The number of ether oxygens (including phenoxy) is 1. The maximum Gasteiger partial charge on any atom is 0.217 e. The highest BCUT2D eigenvalue weighted by Crippen LogP contribution is 2.22. The minimum atomic E-state index is -0.268. The van der Waals surface area contributed by atoms with E-state index < -0.39 is 0 Å². The first-order chi connectivity index (χ1) is 9.69. The highest BCUT2D eigenvalue weighted by Gasteiger charge is 2.01. The van der Waals surface area contributed by atoms with Crippen molar-refractivity contribution in [3.05, 3.63) is 54.1 Å². The van der Waals surface area contributed by atoms with Crippen molar-refractivity contribution in [1.82, 2.24) is 0 Å². The van der Waals surface area contributed by atoms with Crippen LogP contribution in [0.2, 0.25) is 0 Å². The monoisotopic (exact) mass is 268 g/mol. The van der Waals surface area contributed by atoms with Gasteiger partial charge in [-0.25, -0.2) is 0 Å². The molecule has 1 amide bonds. The molecule has 103 valence electrons. The molecule has 0 heterocycles. The summed E-state index contributed by atoms with van der Waals surface area (Å²) >= 11 is 0. The molecule has 0 aliphatic carbocycles. The highest BCUT2D eigenvalue weighted by atomic mass is 16.5. The van der Waals surface area contributed by atoms with Crippen molar-refractivity contribution in [3.8, 4) is 16.9 Å². The van der Waals surface area contributed by atoms with Crippen LogP contribution in [0.3, 0.4) is 0 Å². The Bertz CT molecular complexity index is 559. The van der Waals surface area contributed by atoms with Crippen LogP contribution in [-0.2, 0) is 11.2 Å². The molecular formula is C17H18NO2. The van der Waals surface area contributed by atoms with Gasteiger partial charge in [0.1, 0.15) is 5.75 Å². The zero-order valence-electron chi connectivity index (χ0n) is 11.6. The van der Waals surface area contributed by atoms with E-state index in [1.165, 1.54) is 0 Å². The predicted octanol–water partition coefficient (Wildman–Crippen LogP) is 2.97. The standard InChI is InChI=1S/C17H18NO2/c1-2-20-16-10-8-15(9-11-16)14-6-3-13(4-7-14)5-12-17(18)19/h3-4,6-10H,2,5,12H2,1H3,(H2,18,19). The fourth-order valence-electron chi connectivity index (χ4n) is 1.97. The number of primary amides is 1. The summed E-state index contributed by atoms with van der Waals surface area (Å²) in [6.07, 6.45) is 1.07. The van der Waals surface area contributed by atoms with Crippen molar-refractivity contribution in [2.45, 2.75) is 19.8 Å². The molecule has 0 spiro atoms. The number of carbonyl (C=O) groups is 1. The van der Waals surface area contributed by atoms with Crippen molar-refractivity contribution < 1.29 is 9.53 Å². The van der Waals surface area contributed by atoms with Crippen LogP contribution in [0.25, 0.3) is 11.1 Å². The van der Waals surface area contributed by atoms with Crippen molar-refractivity contribution in [2.24, 2.45) is 5.73 Å². The van der Waals surface area contributed by atoms with Crippen LogP contribution in [0.1, 0.15) is 18.9 Å². The quantitative estimate of drug-likeness (QED) is 0.875. The molecule has 0 atom stereocenters. The molecule has 0 aromatic heterocycles. The van der Waals surface area contributed by atoms with E-state index in [4.69, 9.17) is 10.5 Å². The number of carbonyl (C=O) groups excluding carboxylic acids is 1. The Balaban J connectivity index is 2.07. The normalized spacial score (nSPS) is 10.2. The second kappa shape index (κ2) is 6.75. The van der Waals surface area contributed by atoms with Crippen molar-refractivity contribution >= 4 is 5.91 Å². The molecule has 20 heavy (non-hydrogen) atoms. The van der Waals surface area contributed by atoms with Gasteiger partial charge in [-0.15, -0.1) is 0 Å². The van der Waals surface area contributed by atoms with E-state index in [1.807, 2.05) is 49.4 Å². The van der Waals surface area contributed by atoms with E-state index in [0.29, 0.717) is 19.4 Å². The zero-order valence-corrected chi connectivity index (χ0v) is 11.6. The van der Waals surface area contributed by atoms with Crippen molar-refractivity contribution in [2.75, 3.05) is 6.61 Å². The van der Waals surface area contributed by atoms with Crippen LogP contribution >= 0.6 is 0 Å². The van der Waals surface area contributed by atoms with Crippen LogP contribution < -0.4 is 10.5 Å². The SMILES string of the molecule is CCOc1[c]cc(-c2ccc(CCC(N)=O)cc2)cc1. The molecule has 3 nitrogen and oxygen atoms in total. The van der Waals surface area contributed by atoms with Crippen LogP contribution in [-0.4, -0.2) is 12.5 Å². The number of nitrogens with two attached hydrogens (primary N) is 1. The second-order valence-corrected chi connectivity index (χ2v) is 4.54. The van der Waals surface area contributed by atoms with Crippen LogP contribution in [0.4, 0.5) is 0 Å². The summed E-state index contributed by atoms with van der Waals surface area (Å²) in [6, 6.07) is 17.1. The largest absolute Gasteiger partial charge is 0.493 e. The summed E-state index contributed by atoms with van der Waals surface area (Å²) in [4.78, 5) is 10.8. The van der Waals surface area contributed by atoms with Gasteiger partial charge in [-0.05, 0) is 42.2 Å². The summed E-state index contributed by atoms with van der Waals surface area (Å²) in [6.45, 7) is 2.59. The summed E-state index contributed by atoms with van der Waals surface area (Å²) in [5.74, 6) is 0.490. The minimum absolute atomic E-state index is 0.268. The lowest BCUT2D eigenvalue weighted by Gasteiger charge is -2.06. The summed E-state index contributed by atoms with van der Waals surface area (Å²) in [5, 5.41) is 0. The molecule has 0 fully saturated rings.